The number of nitro benzene ring substituents is 1. The quantitative estimate of drug-likeness (QED) is 0.155. The summed E-state index contributed by atoms with van der Waals surface area (Å²) in [5.74, 6) is -0.358. The number of nitro groups is 1. The van der Waals surface area contributed by atoms with Gasteiger partial charge in [0.15, 0.2) is 0 Å². The summed E-state index contributed by atoms with van der Waals surface area (Å²) in [4.78, 5) is 25.1. The van der Waals surface area contributed by atoms with Gasteiger partial charge >= 0.3 is 11.9 Å². The third kappa shape index (κ3) is 5.69. The van der Waals surface area contributed by atoms with Crippen LogP contribution in [0.5, 0.6) is 11.5 Å². The lowest BCUT2D eigenvalue weighted by atomic mass is 10.1. The molecule has 1 amide bonds. The van der Waals surface area contributed by atoms with Crippen molar-refractivity contribution in [1.82, 2.24) is 4.90 Å². The van der Waals surface area contributed by atoms with Gasteiger partial charge in [-0.25, -0.2) is 0 Å². The number of halogens is 3. The molecule has 0 aliphatic carbocycles. The van der Waals surface area contributed by atoms with Crippen LogP contribution < -0.4 is 4.74 Å². The number of carbonyl (C=O) groups excluding carboxylic acids is 1. The van der Waals surface area contributed by atoms with Crippen LogP contribution >= 0.6 is 24.0 Å². The lowest BCUT2D eigenvalue weighted by Crippen LogP contribution is -2.27. The zero-order chi connectivity index (χ0) is 25.2. The van der Waals surface area contributed by atoms with Gasteiger partial charge in [-0.3, -0.25) is 19.8 Å². The Balaban J connectivity index is 1.49. The van der Waals surface area contributed by atoms with Crippen molar-refractivity contribution in [1.29, 1.82) is 0 Å². The molecule has 35 heavy (non-hydrogen) atoms. The van der Waals surface area contributed by atoms with E-state index < -0.39 is 22.4 Å². The molecule has 0 aromatic heterocycles. The molecule has 178 valence electrons. The van der Waals surface area contributed by atoms with Crippen molar-refractivity contribution < 1.29 is 27.6 Å². The Labute approximate surface area is 207 Å². The van der Waals surface area contributed by atoms with E-state index in [0.717, 1.165) is 11.6 Å². The molecule has 3 aromatic carbocycles. The van der Waals surface area contributed by atoms with E-state index in [2.05, 4.69) is 0 Å². The average molecular weight is 517 g/mol. The first-order chi connectivity index (χ1) is 16.6. The maximum atomic E-state index is 12.9. The molecule has 1 heterocycles. The van der Waals surface area contributed by atoms with Gasteiger partial charge in [0.25, 0.3) is 5.91 Å². The number of rotatable bonds is 6. The topological polar surface area (TPSA) is 72.7 Å². The minimum atomic E-state index is -4.72. The zero-order valence-electron chi connectivity index (χ0n) is 17.7. The molecule has 0 radical (unpaired) electrons. The predicted octanol–water partition coefficient (Wildman–Crippen LogP) is 6.81. The smallest absolute Gasteiger partial charge is 0.416 e. The molecular weight excluding hydrogens is 501 g/mol. The highest BCUT2D eigenvalue weighted by Gasteiger charge is 2.34. The zero-order valence-corrected chi connectivity index (χ0v) is 19.3. The van der Waals surface area contributed by atoms with E-state index in [0.29, 0.717) is 33.5 Å². The molecule has 11 heteroatoms. The number of benzene rings is 3. The number of ether oxygens (including phenoxy) is 1. The summed E-state index contributed by atoms with van der Waals surface area (Å²) in [6, 6.07) is 17.8. The highest BCUT2D eigenvalue weighted by Crippen LogP contribution is 2.38. The minimum Gasteiger partial charge on any atom is -0.450 e. The van der Waals surface area contributed by atoms with Gasteiger partial charge in [-0.05, 0) is 41.5 Å². The molecule has 0 spiro atoms. The second kappa shape index (κ2) is 9.88. The van der Waals surface area contributed by atoms with Gasteiger partial charge in [0.1, 0.15) is 10.1 Å². The Morgan fingerprint density at radius 3 is 2.37 bits per heavy atom. The summed E-state index contributed by atoms with van der Waals surface area (Å²) in [6.45, 7) is 0.363. The van der Waals surface area contributed by atoms with Crippen molar-refractivity contribution in [2.24, 2.45) is 0 Å². The third-order valence-electron chi connectivity index (χ3n) is 4.95. The maximum absolute atomic E-state index is 12.9. The summed E-state index contributed by atoms with van der Waals surface area (Å²) < 4.78 is 44.5. The lowest BCUT2D eigenvalue weighted by molar-refractivity contribution is -0.385. The number of thioether (sulfide) groups is 1. The monoisotopic (exact) mass is 516 g/mol. The third-order valence-corrected chi connectivity index (χ3v) is 6.32. The standard InChI is InChI=1S/C24H15F3N2O4S2/c25-24(26,27)17-8-11-20(19(13-17)29(31)32)33-18-9-6-15(7-10-18)12-21-22(30)28(23(34)35-21)14-16-4-2-1-3-5-16/h1-13H,14H2. The average Bonchev–Trinajstić information content (AvgIpc) is 3.07. The normalized spacial score (nSPS) is 15.1. The van der Waals surface area contributed by atoms with Crippen molar-refractivity contribution in [2.75, 3.05) is 0 Å². The van der Waals surface area contributed by atoms with Gasteiger partial charge in [0.05, 0.1) is 21.9 Å². The first-order valence-corrected chi connectivity index (χ1v) is 11.3. The highest BCUT2D eigenvalue weighted by molar-refractivity contribution is 8.26. The number of thiocarbonyl (C=S) groups is 1. The second-order valence-electron chi connectivity index (χ2n) is 7.36. The molecule has 0 atom stereocenters. The van der Waals surface area contributed by atoms with Gasteiger partial charge < -0.3 is 4.74 Å². The fourth-order valence-electron chi connectivity index (χ4n) is 3.24. The van der Waals surface area contributed by atoms with Crippen LogP contribution in [0.4, 0.5) is 18.9 Å². The first kappa shape index (κ1) is 24.4. The molecule has 1 aliphatic heterocycles. The fraction of sp³-hybridized carbons (Fsp3) is 0.0833. The van der Waals surface area contributed by atoms with Crippen LogP contribution in [0, 0.1) is 10.1 Å². The molecule has 4 rings (SSSR count). The van der Waals surface area contributed by atoms with Crippen molar-refractivity contribution >= 4 is 46.0 Å². The molecule has 0 bridgehead atoms. The van der Waals surface area contributed by atoms with Gasteiger partial charge in [0.2, 0.25) is 5.75 Å². The van der Waals surface area contributed by atoms with E-state index in [-0.39, 0.29) is 17.4 Å². The molecule has 0 N–H and O–H groups in total. The molecule has 0 saturated carbocycles. The fourth-order valence-corrected chi connectivity index (χ4v) is 4.49. The predicted molar refractivity (Wildman–Crippen MR) is 130 cm³/mol. The van der Waals surface area contributed by atoms with Crippen LogP contribution in [-0.2, 0) is 17.5 Å². The molecule has 3 aromatic rings. The van der Waals surface area contributed by atoms with E-state index in [1.54, 1.807) is 18.2 Å². The lowest BCUT2D eigenvalue weighted by Gasteiger charge is -2.14. The molecule has 1 saturated heterocycles. The summed E-state index contributed by atoms with van der Waals surface area (Å²) in [6.07, 6.45) is -3.05. The number of nitrogens with zero attached hydrogens (tertiary/aromatic N) is 2. The van der Waals surface area contributed by atoms with Crippen LogP contribution in [0.15, 0.2) is 77.7 Å². The van der Waals surface area contributed by atoms with Gasteiger partial charge in [-0.1, -0.05) is 66.4 Å². The van der Waals surface area contributed by atoms with Crippen LogP contribution in [-0.4, -0.2) is 20.1 Å². The molecule has 6 nitrogen and oxygen atoms in total. The van der Waals surface area contributed by atoms with Gasteiger partial charge in [0, 0.05) is 6.07 Å². The molecule has 1 fully saturated rings. The van der Waals surface area contributed by atoms with E-state index in [9.17, 15) is 28.1 Å². The van der Waals surface area contributed by atoms with E-state index >= 15 is 0 Å². The summed E-state index contributed by atoms with van der Waals surface area (Å²) in [5, 5.41) is 11.2. The van der Waals surface area contributed by atoms with E-state index in [1.165, 1.54) is 28.8 Å². The van der Waals surface area contributed by atoms with E-state index in [4.69, 9.17) is 17.0 Å². The van der Waals surface area contributed by atoms with Crippen LogP contribution in [0.3, 0.4) is 0 Å². The van der Waals surface area contributed by atoms with Crippen LogP contribution in [0.25, 0.3) is 6.08 Å². The largest absolute Gasteiger partial charge is 0.450 e. The van der Waals surface area contributed by atoms with Crippen LogP contribution in [0.1, 0.15) is 16.7 Å². The minimum absolute atomic E-state index is 0.182. The summed E-state index contributed by atoms with van der Waals surface area (Å²) >= 11 is 6.53. The summed E-state index contributed by atoms with van der Waals surface area (Å²) in [5.41, 5.74) is -0.342. The Morgan fingerprint density at radius 1 is 1.06 bits per heavy atom. The maximum Gasteiger partial charge on any atom is 0.416 e. The van der Waals surface area contributed by atoms with E-state index in [1.807, 2.05) is 30.3 Å². The van der Waals surface area contributed by atoms with Crippen molar-refractivity contribution in [2.45, 2.75) is 12.7 Å². The molecular formula is C24H15F3N2O4S2. The first-order valence-electron chi connectivity index (χ1n) is 10.0. The number of carbonyl (C=O) groups is 1. The highest BCUT2D eigenvalue weighted by atomic mass is 32.2. The molecule has 0 unspecified atom stereocenters. The Kier molecular flexibility index (Phi) is 6.90. The number of alkyl halides is 3. The van der Waals surface area contributed by atoms with Crippen molar-refractivity contribution in [3.05, 3.63) is 105 Å². The number of hydrogen-bond acceptors (Lipinski definition) is 6. The second-order valence-corrected chi connectivity index (χ2v) is 9.04. The molecule has 1 aliphatic rings. The Hall–Kier alpha value is -3.70. The SMILES string of the molecule is O=C1C(=Cc2ccc(Oc3ccc(C(F)(F)F)cc3[N+](=O)[O-])cc2)SC(=S)N1Cc1ccccc1. The van der Waals surface area contributed by atoms with Crippen LogP contribution in [0.2, 0.25) is 0 Å². The van der Waals surface area contributed by atoms with Crippen molar-refractivity contribution in [3.63, 3.8) is 0 Å². The summed E-state index contributed by atoms with van der Waals surface area (Å²) in [7, 11) is 0. The van der Waals surface area contributed by atoms with Gasteiger partial charge in [-0.2, -0.15) is 13.2 Å². The van der Waals surface area contributed by atoms with Gasteiger partial charge in [-0.15, -0.1) is 0 Å². The number of hydrogen-bond donors (Lipinski definition) is 0. The number of amides is 1. The Morgan fingerprint density at radius 2 is 1.74 bits per heavy atom. The Bertz CT molecular complexity index is 1330. The van der Waals surface area contributed by atoms with Crippen molar-refractivity contribution in [3.8, 4) is 11.5 Å².